The molecule has 16 heavy (non-hydrogen) atoms. The molecule has 6 heteroatoms. The number of aryl methyl sites for hydroxylation is 1. The van der Waals surface area contributed by atoms with E-state index in [1.807, 2.05) is 18.4 Å². The normalized spacial score (nSPS) is 13.5. The summed E-state index contributed by atoms with van der Waals surface area (Å²) in [5.41, 5.74) is 6.39. The molecule has 5 nitrogen and oxygen atoms in total. The summed E-state index contributed by atoms with van der Waals surface area (Å²) in [7, 11) is 0. The van der Waals surface area contributed by atoms with Crippen LogP contribution in [0.3, 0.4) is 0 Å². The maximum atomic E-state index is 11.8. The number of hydrogen-bond donors (Lipinski definition) is 3. The molecule has 88 valence electrons. The summed E-state index contributed by atoms with van der Waals surface area (Å²) in [6, 6.07) is 1.44. The Hall–Kier alpha value is -1.56. The monoisotopic (exact) mass is 241 g/mol. The molecule has 0 aromatic carbocycles. The Morgan fingerprint density at radius 3 is 3.00 bits per heavy atom. The zero-order chi connectivity index (χ0) is 12.1. The summed E-state index contributed by atoms with van der Waals surface area (Å²) in [6.07, 6.45) is 0.810. The number of nitrogens with two attached hydrogens (primary N) is 1. The lowest BCUT2D eigenvalue weighted by molar-refractivity contribution is 0.0952. The highest BCUT2D eigenvalue weighted by Crippen LogP contribution is 2.17. The van der Waals surface area contributed by atoms with Gasteiger partial charge in [0.2, 0.25) is 0 Å². The van der Waals surface area contributed by atoms with Gasteiger partial charge in [-0.1, -0.05) is 12.1 Å². The van der Waals surface area contributed by atoms with E-state index in [4.69, 9.17) is 10.9 Å². The number of amides is 1. The lowest BCUT2D eigenvalue weighted by Crippen LogP contribution is -2.42. The van der Waals surface area contributed by atoms with Gasteiger partial charge in [-0.3, -0.25) is 4.79 Å². The average Bonchev–Trinajstić information content (AvgIpc) is 2.75. The van der Waals surface area contributed by atoms with Gasteiger partial charge in [0.1, 0.15) is 0 Å². The molecular weight excluding hydrogens is 226 g/mol. The Kier molecular flexibility index (Phi) is 4.30. The van der Waals surface area contributed by atoms with Crippen LogP contribution in [0.2, 0.25) is 0 Å². The van der Waals surface area contributed by atoms with Gasteiger partial charge in [0.15, 0.2) is 5.84 Å². The van der Waals surface area contributed by atoms with E-state index in [1.54, 1.807) is 6.92 Å². The number of rotatable bonds is 4. The minimum atomic E-state index is -0.482. The highest BCUT2D eigenvalue weighted by Gasteiger charge is 2.16. The first-order valence-electron chi connectivity index (χ1n) is 4.94. The SMILES string of the molecule is CCc1ccsc1C(=O)NC(C)C(N)=NO. The van der Waals surface area contributed by atoms with Crippen molar-refractivity contribution < 1.29 is 10.0 Å². The van der Waals surface area contributed by atoms with E-state index in [9.17, 15) is 4.79 Å². The Morgan fingerprint density at radius 1 is 1.75 bits per heavy atom. The molecule has 0 aliphatic carbocycles. The van der Waals surface area contributed by atoms with Crippen molar-refractivity contribution >= 4 is 23.1 Å². The summed E-state index contributed by atoms with van der Waals surface area (Å²) >= 11 is 1.39. The molecule has 0 spiro atoms. The van der Waals surface area contributed by atoms with Gasteiger partial charge >= 0.3 is 0 Å². The standard InChI is InChI=1S/C10H15N3O2S/c1-3-7-4-5-16-8(7)10(14)12-6(2)9(11)13-15/h4-6,15H,3H2,1-2H3,(H2,11,13)(H,12,14). The minimum absolute atomic E-state index is 0.0112. The molecule has 1 amide bonds. The van der Waals surface area contributed by atoms with E-state index in [0.29, 0.717) is 4.88 Å². The van der Waals surface area contributed by atoms with Crippen molar-refractivity contribution in [1.82, 2.24) is 5.32 Å². The maximum Gasteiger partial charge on any atom is 0.262 e. The largest absolute Gasteiger partial charge is 0.409 e. The van der Waals surface area contributed by atoms with Crippen LogP contribution in [0.25, 0.3) is 0 Å². The first-order chi connectivity index (χ1) is 7.60. The van der Waals surface area contributed by atoms with Gasteiger partial charge in [-0.25, -0.2) is 0 Å². The second-order valence-electron chi connectivity index (χ2n) is 3.35. The fourth-order valence-corrected chi connectivity index (χ4v) is 2.13. The van der Waals surface area contributed by atoms with Crippen LogP contribution in [-0.4, -0.2) is 23.0 Å². The van der Waals surface area contributed by atoms with Crippen molar-refractivity contribution in [3.05, 3.63) is 21.9 Å². The van der Waals surface area contributed by atoms with E-state index in [0.717, 1.165) is 12.0 Å². The Bertz CT molecular complexity index is 401. The second kappa shape index (κ2) is 5.50. The van der Waals surface area contributed by atoms with Crippen molar-refractivity contribution in [2.24, 2.45) is 10.9 Å². The third-order valence-corrected chi connectivity index (χ3v) is 3.20. The number of oxime groups is 1. The molecule has 0 fully saturated rings. The fourth-order valence-electron chi connectivity index (χ4n) is 1.24. The van der Waals surface area contributed by atoms with E-state index in [1.165, 1.54) is 11.3 Å². The molecule has 0 bridgehead atoms. The molecule has 1 aromatic rings. The fraction of sp³-hybridized carbons (Fsp3) is 0.400. The lowest BCUT2D eigenvalue weighted by Gasteiger charge is -2.11. The molecule has 4 N–H and O–H groups in total. The number of amidine groups is 1. The highest BCUT2D eigenvalue weighted by atomic mass is 32.1. The molecule has 0 saturated carbocycles. The van der Waals surface area contributed by atoms with Gasteiger partial charge in [0.25, 0.3) is 5.91 Å². The molecule has 1 rings (SSSR count). The summed E-state index contributed by atoms with van der Waals surface area (Å²) in [5, 5.41) is 15.9. The summed E-state index contributed by atoms with van der Waals surface area (Å²) in [6.45, 7) is 3.65. The number of thiophene rings is 1. The smallest absolute Gasteiger partial charge is 0.262 e. The molecule has 1 heterocycles. The van der Waals surface area contributed by atoms with Crippen LogP contribution in [0.5, 0.6) is 0 Å². The molecule has 1 aromatic heterocycles. The number of hydrogen-bond acceptors (Lipinski definition) is 4. The highest BCUT2D eigenvalue weighted by molar-refractivity contribution is 7.12. The Balaban J connectivity index is 2.73. The maximum absolute atomic E-state index is 11.8. The van der Waals surface area contributed by atoms with Crippen LogP contribution >= 0.6 is 11.3 Å². The van der Waals surface area contributed by atoms with Gasteiger partial charge in [-0.15, -0.1) is 11.3 Å². The first kappa shape index (κ1) is 12.5. The molecule has 0 radical (unpaired) electrons. The van der Waals surface area contributed by atoms with Crippen molar-refractivity contribution in [3.63, 3.8) is 0 Å². The van der Waals surface area contributed by atoms with Gasteiger partial charge in [-0.2, -0.15) is 0 Å². The van der Waals surface area contributed by atoms with Gasteiger partial charge < -0.3 is 16.3 Å². The van der Waals surface area contributed by atoms with E-state index < -0.39 is 6.04 Å². The van der Waals surface area contributed by atoms with Crippen LogP contribution in [-0.2, 0) is 6.42 Å². The van der Waals surface area contributed by atoms with Crippen LogP contribution in [0.4, 0.5) is 0 Å². The molecule has 1 unspecified atom stereocenters. The van der Waals surface area contributed by atoms with Crippen LogP contribution < -0.4 is 11.1 Å². The van der Waals surface area contributed by atoms with Gasteiger partial charge in [0, 0.05) is 0 Å². The Labute approximate surface area is 98.0 Å². The third-order valence-electron chi connectivity index (χ3n) is 2.24. The predicted molar refractivity (Wildman–Crippen MR) is 64.0 cm³/mol. The van der Waals surface area contributed by atoms with Crippen molar-refractivity contribution in [3.8, 4) is 0 Å². The van der Waals surface area contributed by atoms with Crippen LogP contribution in [0.15, 0.2) is 16.6 Å². The summed E-state index contributed by atoms with van der Waals surface area (Å²) in [4.78, 5) is 12.5. The van der Waals surface area contributed by atoms with Gasteiger partial charge in [-0.05, 0) is 30.4 Å². The zero-order valence-corrected chi connectivity index (χ0v) is 10.0. The molecule has 1 atom stereocenters. The first-order valence-corrected chi connectivity index (χ1v) is 5.82. The van der Waals surface area contributed by atoms with E-state index in [-0.39, 0.29) is 11.7 Å². The number of nitrogens with zero attached hydrogens (tertiary/aromatic N) is 1. The summed E-state index contributed by atoms with van der Waals surface area (Å²) < 4.78 is 0. The number of carbonyl (C=O) groups excluding carboxylic acids is 1. The van der Waals surface area contributed by atoms with Crippen LogP contribution in [0.1, 0.15) is 29.1 Å². The Morgan fingerprint density at radius 2 is 2.44 bits per heavy atom. The quantitative estimate of drug-likeness (QED) is 0.320. The number of carbonyl (C=O) groups is 1. The van der Waals surface area contributed by atoms with Crippen molar-refractivity contribution in [2.75, 3.05) is 0 Å². The zero-order valence-electron chi connectivity index (χ0n) is 9.23. The number of nitrogens with one attached hydrogen (secondary N) is 1. The predicted octanol–water partition coefficient (Wildman–Crippen LogP) is 1.18. The van der Waals surface area contributed by atoms with Gasteiger partial charge in [0.05, 0.1) is 10.9 Å². The van der Waals surface area contributed by atoms with E-state index in [2.05, 4.69) is 10.5 Å². The lowest BCUT2D eigenvalue weighted by atomic mass is 10.2. The van der Waals surface area contributed by atoms with E-state index >= 15 is 0 Å². The minimum Gasteiger partial charge on any atom is -0.409 e. The average molecular weight is 241 g/mol. The molecule has 0 saturated heterocycles. The molecule has 0 aliphatic heterocycles. The van der Waals surface area contributed by atoms with Crippen molar-refractivity contribution in [2.45, 2.75) is 26.3 Å². The molecule has 0 aliphatic rings. The topological polar surface area (TPSA) is 87.7 Å². The third kappa shape index (κ3) is 2.73. The molecular formula is C10H15N3O2S. The van der Waals surface area contributed by atoms with Crippen molar-refractivity contribution in [1.29, 1.82) is 0 Å². The van der Waals surface area contributed by atoms with Crippen LogP contribution in [0, 0.1) is 0 Å². The second-order valence-corrected chi connectivity index (χ2v) is 4.26. The summed E-state index contributed by atoms with van der Waals surface area (Å²) in [5.74, 6) is -0.200.